The SMILES string of the molecule is C[C@@H]1CN(C(=O)c2cnn(-c3ccccc3)c2)C[C@H](C)O1. The van der Waals surface area contributed by atoms with Crippen molar-refractivity contribution in [2.75, 3.05) is 13.1 Å². The molecule has 0 spiro atoms. The van der Waals surface area contributed by atoms with E-state index in [1.54, 1.807) is 17.1 Å². The maximum absolute atomic E-state index is 12.6. The van der Waals surface area contributed by atoms with Crippen LogP contribution in [0.3, 0.4) is 0 Å². The summed E-state index contributed by atoms with van der Waals surface area (Å²) in [7, 11) is 0. The van der Waals surface area contributed by atoms with Gasteiger partial charge < -0.3 is 9.64 Å². The van der Waals surface area contributed by atoms with E-state index in [1.807, 2.05) is 49.1 Å². The number of morpholine rings is 1. The van der Waals surface area contributed by atoms with Crippen LogP contribution in [0.25, 0.3) is 5.69 Å². The molecule has 0 bridgehead atoms. The fourth-order valence-electron chi connectivity index (χ4n) is 2.68. The molecular formula is C16H19N3O2. The molecule has 1 fully saturated rings. The Bertz CT molecular complexity index is 613. The van der Waals surface area contributed by atoms with E-state index in [1.165, 1.54) is 0 Å². The third-order valence-corrected chi connectivity index (χ3v) is 3.56. The highest BCUT2D eigenvalue weighted by Crippen LogP contribution is 2.15. The third kappa shape index (κ3) is 2.97. The molecule has 1 aliphatic rings. The van der Waals surface area contributed by atoms with E-state index >= 15 is 0 Å². The van der Waals surface area contributed by atoms with Gasteiger partial charge in [0.1, 0.15) is 0 Å². The summed E-state index contributed by atoms with van der Waals surface area (Å²) >= 11 is 0. The van der Waals surface area contributed by atoms with Crippen LogP contribution < -0.4 is 0 Å². The summed E-state index contributed by atoms with van der Waals surface area (Å²) in [4.78, 5) is 14.4. The lowest BCUT2D eigenvalue weighted by Crippen LogP contribution is -2.48. The summed E-state index contributed by atoms with van der Waals surface area (Å²) in [6.45, 7) is 5.23. The average Bonchev–Trinajstić information content (AvgIpc) is 2.96. The second-order valence-corrected chi connectivity index (χ2v) is 5.48. The third-order valence-electron chi connectivity index (χ3n) is 3.56. The molecule has 1 aromatic heterocycles. The second kappa shape index (κ2) is 5.69. The smallest absolute Gasteiger partial charge is 0.257 e. The molecule has 21 heavy (non-hydrogen) atoms. The molecule has 1 saturated heterocycles. The number of para-hydroxylation sites is 1. The second-order valence-electron chi connectivity index (χ2n) is 5.48. The number of rotatable bonds is 2. The average molecular weight is 285 g/mol. The minimum atomic E-state index is 0.0131. The summed E-state index contributed by atoms with van der Waals surface area (Å²) in [6, 6.07) is 9.77. The summed E-state index contributed by atoms with van der Waals surface area (Å²) in [6.07, 6.45) is 3.55. The van der Waals surface area contributed by atoms with Crippen molar-refractivity contribution in [3.63, 3.8) is 0 Å². The molecule has 1 aliphatic heterocycles. The lowest BCUT2D eigenvalue weighted by atomic mass is 10.2. The van der Waals surface area contributed by atoms with E-state index in [4.69, 9.17) is 4.74 Å². The first-order valence-corrected chi connectivity index (χ1v) is 7.18. The lowest BCUT2D eigenvalue weighted by Gasteiger charge is -2.35. The zero-order chi connectivity index (χ0) is 14.8. The van der Waals surface area contributed by atoms with Crippen LogP contribution in [0.4, 0.5) is 0 Å². The van der Waals surface area contributed by atoms with Gasteiger partial charge in [0.2, 0.25) is 0 Å². The molecule has 3 rings (SSSR count). The Kier molecular flexibility index (Phi) is 3.75. The highest BCUT2D eigenvalue weighted by atomic mass is 16.5. The van der Waals surface area contributed by atoms with E-state index in [0.717, 1.165) is 5.69 Å². The molecular weight excluding hydrogens is 266 g/mol. The van der Waals surface area contributed by atoms with E-state index in [0.29, 0.717) is 18.7 Å². The largest absolute Gasteiger partial charge is 0.372 e. The zero-order valence-electron chi connectivity index (χ0n) is 12.3. The summed E-state index contributed by atoms with van der Waals surface area (Å²) < 4.78 is 7.38. The number of nitrogens with zero attached hydrogens (tertiary/aromatic N) is 3. The van der Waals surface area contributed by atoms with Crippen molar-refractivity contribution in [3.05, 3.63) is 48.3 Å². The van der Waals surface area contributed by atoms with Crippen molar-refractivity contribution < 1.29 is 9.53 Å². The van der Waals surface area contributed by atoms with Crippen LogP contribution in [0, 0.1) is 0 Å². The Morgan fingerprint density at radius 3 is 2.52 bits per heavy atom. The van der Waals surface area contributed by atoms with Crippen LogP contribution in [-0.2, 0) is 4.74 Å². The molecule has 2 heterocycles. The summed E-state index contributed by atoms with van der Waals surface area (Å²) in [5.74, 6) is 0.0131. The van der Waals surface area contributed by atoms with Crippen LogP contribution in [0.2, 0.25) is 0 Å². The van der Waals surface area contributed by atoms with Gasteiger partial charge in [-0.25, -0.2) is 4.68 Å². The molecule has 0 unspecified atom stereocenters. The Balaban J connectivity index is 1.78. The molecule has 0 saturated carbocycles. The Hall–Kier alpha value is -2.14. The summed E-state index contributed by atoms with van der Waals surface area (Å²) in [5.41, 5.74) is 1.56. The number of hydrogen-bond donors (Lipinski definition) is 0. The van der Waals surface area contributed by atoms with E-state index < -0.39 is 0 Å². The first kappa shape index (κ1) is 13.8. The van der Waals surface area contributed by atoms with Gasteiger partial charge in [-0.1, -0.05) is 18.2 Å². The van der Waals surface area contributed by atoms with Crippen LogP contribution in [0.15, 0.2) is 42.7 Å². The van der Waals surface area contributed by atoms with Crippen LogP contribution in [0.5, 0.6) is 0 Å². The number of carbonyl (C=O) groups is 1. The van der Waals surface area contributed by atoms with Crippen molar-refractivity contribution in [2.45, 2.75) is 26.1 Å². The fraction of sp³-hybridized carbons (Fsp3) is 0.375. The molecule has 2 aromatic rings. The number of ether oxygens (including phenoxy) is 1. The van der Waals surface area contributed by atoms with Gasteiger partial charge in [0.15, 0.2) is 0 Å². The molecule has 5 nitrogen and oxygen atoms in total. The van der Waals surface area contributed by atoms with E-state index in [2.05, 4.69) is 5.10 Å². The van der Waals surface area contributed by atoms with Crippen molar-refractivity contribution in [1.29, 1.82) is 0 Å². The van der Waals surface area contributed by atoms with Gasteiger partial charge >= 0.3 is 0 Å². The number of aromatic nitrogens is 2. The fourth-order valence-corrected chi connectivity index (χ4v) is 2.68. The minimum Gasteiger partial charge on any atom is -0.372 e. The molecule has 110 valence electrons. The highest BCUT2D eigenvalue weighted by Gasteiger charge is 2.27. The van der Waals surface area contributed by atoms with Crippen molar-refractivity contribution in [3.8, 4) is 5.69 Å². The molecule has 1 aromatic carbocycles. The predicted octanol–water partition coefficient (Wildman–Crippen LogP) is 2.12. The van der Waals surface area contributed by atoms with Gasteiger partial charge in [-0.15, -0.1) is 0 Å². The standard InChI is InChI=1S/C16H19N3O2/c1-12-9-18(10-13(2)21-12)16(20)14-8-17-19(11-14)15-6-4-3-5-7-15/h3-8,11-13H,9-10H2,1-2H3/t12-,13+. The monoisotopic (exact) mass is 285 g/mol. The quantitative estimate of drug-likeness (QED) is 0.849. The molecule has 0 aliphatic carbocycles. The number of hydrogen-bond acceptors (Lipinski definition) is 3. The Labute approximate surface area is 124 Å². The van der Waals surface area contributed by atoms with Gasteiger partial charge in [-0.3, -0.25) is 4.79 Å². The van der Waals surface area contributed by atoms with Gasteiger partial charge in [-0.2, -0.15) is 5.10 Å². The van der Waals surface area contributed by atoms with E-state index in [-0.39, 0.29) is 18.1 Å². The predicted molar refractivity (Wildman–Crippen MR) is 79.5 cm³/mol. The number of carbonyl (C=O) groups excluding carboxylic acids is 1. The highest BCUT2D eigenvalue weighted by molar-refractivity contribution is 5.94. The zero-order valence-corrected chi connectivity index (χ0v) is 12.3. The molecule has 0 radical (unpaired) electrons. The van der Waals surface area contributed by atoms with Crippen LogP contribution >= 0.6 is 0 Å². The lowest BCUT2D eigenvalue weighted by molar-refractivity contribution is -0.0586. The normalized spacial score (nSPS) is 22.3. The van der Waals surface area contributed by atoms with Crippen molar-refractivity contribution >= 4 is 5.91 Å². The number of benzene rings is 1. The van der Waals surface area contributed by atoms with Crippen molar-refractivity contribution in [2.24, 2.45) is 0 Å². The molecule has 0 N–H and O–H groups in total. The Morgan fingerprint density at radius 2 is 1.86 bits per heavy atom. The maximum Gasteiger partial charge on any atom is 0.257 e. The maximum atomic E-state index is 12.6. The van der Waals surface area contributed by atoms with E-state index in [9.17, 15) is 4.79 Å². The van der Waals surface area contributed by atoms with Crippen molar-refractivity contribution in [1.82, 2.24) is 14.7 Å². The molecule has 5 heteroatoms. The summed E-state index contributed by atoms with van der Waals surface area (Å²) in [5, 5.41) is 4.28. The van der Waals surface area contributed by atoms with Gasteiger partial charge in [0, 0.05) is 19.3 Å². The Morgan fingerprint density at radius 1 is 1.19 bits per heavy atom. The minimum absolute atomic E-state index is 0.0131. The first-order chi connectivity index (χ1) is 10.1. The van der Waals surface area contributed by atoms with Gasteiger partial charge in [-0.05, 0) is 26.0 Å². The van der Waals surface area contributed by atoms with Gasteiger partial charge in [0.25, 0.3) is 5.91 Å². The molecule has 1 amide bonds. The molecule has 2 atom stereocenters. The van der Waals surface area contributed by atoms with Crippen LogP contribution in [0.1, 0.15) is 24.2 Å². The topological polar surface area (TPSA) is 47.4 Å². The number of amides is 1. The first-order valence-electron chi connectivity index (χ1n) is 7.18. The van der Waals surface area contributed by atoms with Gasteiger partial charge in [0.05, 0.1) is 29.7 Å². The van der Waals surface area contributed by atoms with Crippen LogP contribution in [-0.4, -0.2) is 45.9 Å².